The number of aromatic nitrogens is 3. The standard InChI is InChI=1S/C11H16N4O3/c1-8(15-7-12-6-13-15)10(16)14-5-3-4-9(14)11(17)18-2/h6-9H,3-5H2,1-2H3. The van der Waals surface area contributed by atoms with Gasteiger partial charge in [0.15, 0.2) is 0 Å². The predicted molar refractivity (Wildman–Crippen MR) is 61.5 cm³/mol. The van der Waals surface area contributed by atoms with Crippen molar-refractivity contribution in [1.29, 1.82) is 0 Å². The molecule has 1 aliphatic rings. The zero-order valence-electron chi connectivity index (χ0n) is 10.4. The molecule has 0 aromatic carbocycles. The molecule has 7 nitrogen and oxygen atoms in total. The van der Waals surface area contributed by atoms with Crippen LogP contribution < -0.4 is 0 Å². The third-order valence-electron chi connectivity index (χ3n) is 3.20. The van der Waals surface area contributed by atoms with E-state index in [4.69, 9.17) is 4.74 Å². The SMILES string of the molecule is COC(=O)C1CCCN1C(=O)C(C)n1cncn1. The van der Waals surface area contributed by atoms with E-state index in [-0.39, 0.29) is 11.9 Å². The highest BCUT2D eigenvalue weighted by atomic mass is 16.5. The van der Waals surface area contributed by atoms with E-state index in [0.29, 0.717) is 13.0 Å². The van der Waals surface area contributed by atoms with Crippen molar-refractivity contribution in [3.8, 4) is 0 Å². The maximum Gasteiger partial charge on any atom is 0.328 e. The van der Waals surface area contributed by atoms with Gasteiger partial charge < -0.3 is 9.64 Å². The van der Waals surface area contributed by atoms with Crippen LogP contribution in [-0.4, -0.2) is 51.2 Å². The minimum atomic E-state index is -0.464. The van der Waals surface area contributed by atoms with Crippen molar-refractivity contribution in [1.82, 2.24) is 19.7 Å². The molecule has 98 valence electrons. The molecule has 0 saturated carbocycles. The molecule has 0 aliphatic carbocycles. The molecule has 1 saturated heterocycles. The first-order chi connectivity index (χ1) is 8.65. The van der Waals surface area contributed by atoms with Crippen LogP contribution in [0.5, 0.6) is 0 Å². The van der Waals surface area contributed by atoms with E-state index in [1.54, 1.807) is 11.8 Å². The fourth-order valence-corrected chi connectivity index (χ4v) is 2.18. The highest BCUT2D eigenvalue weighted by molar-refractivity contribution is 5.87. The number of amides is 1. The highest BCUT2D eigenvalue weighted by Crippen LogP contribution is 2.22. The molecule has 2 heterocycles. The molecule has 7 heteroatoms. The third-order valence-corrected chi connectivity index (χ3v) is 3.20. The summed E-state index contributed by atoms with van der Waals surface area (Å²) >= 11 is 0. The molecule has 0 radical (unpaired) electrons. The van der Waals surface area contributed by atoms with Crippen molar-refractivity contribution in [2.75, 3.05) is 13.7 Å². The van der Waals surface area contributed by atoms with Gasteiger partial charge in [-0.05, 0) is 19.8 Å². The Kier molecular flexibility index (Phi) is 3.59. The van der Waals surface area contributed by atoms with Gasteiger partial charge in [0.25, 0.3) is 0 Å². The van der Waals surface area contributed by atoms with E-state index < -0.39 is 12.1 Å². The van der Waals surface area contributed by atoms with Gasteiger partial charge in [0.05, 0.1) is 7.11 Å². The van der Waals surface area contributed by atoms with Gasteiger partial charge in [-0.25, -0.2) is 14.5 Å². The number of hydrogen-bond donors (Lipinski definition) is 0. The van der Waals surface area contributed by atoms with Crippen molar-refractivity contribution in [3.63, 3.8) is 0 Å². The lowest BCUT2D eigenvalue weighted by Crippen LogP contribution is -2.44. The molecular weight excluding hydrogens is 236 g/mol. The Morgan fingerprint density at radius 1 is 1.50 bits per heavy atom. The van der Waals surface area contributed by atoms with Crippen molar-refractivity contribution in [2.24, 2.45) is 0 Å². The number of nitrogens with zero attached hydrogens (tertiary/aromatic N) is 4. The second-order valence-corrected chi connectivity index (χ2v) is 4.26. The molecular formula is C11H16N4O3. The molecule has 0 bridgehead atoms. The zero-order valence-corrected chi connectivity index (χ0v) is 10.4. The Morgan fingerprint density at radius 3 is 2.89 bits per heavy atom. The second-order valence-electron chi connectivity index (χ2n) is 4.26. The molecule has 2 atom stereocenters. The van der Waals surface area contributed by atoms with Gasteiger partial charge in [-0.1, -0.05) is 0 Å². The van der Waals surface area contributed by atoms with Crippen LogP contribution in [0.3, 0.4) is 0 Å². The van der Waals surface area contributed by atoms with E-state index in [2.05, 4.69) is 10.1 Å². The normalized spacial score (nSPS) is 20.8. The van der Waals surface area contributed by atoms with Gasteiger partial charge in [0.1, 0.15) is 24.7 Å². The number of carbonyl (C=O) groups is 2. The Hall–Kier alpha value is -1.92. The van der Waals surface area contributed by atoms with Gasteiger partial charge in [-0.3, -0.25) is 4.79 Å². The minimum Gasteiger partial charge on any atom is -0.467 e. The molecule has 1 aliphatic heterocycles. The number of esters is 1. The van der Waals surface area contributed by atoms with Crippen molar-refractivity contribution < 1.29 is 14.3 Å². The lowest BCUT2D eigenvalue weighted by molar-refractivity contribution is -0.152. The molecule has 1 fully saturated rings. The Balaban J connectivity index is 2.11. The summed E-state index contributed by atoms with van der Waals surface area (Å²) in [7, 11) is 1.34. The summed E-state index contributed by atoms with van der Waals surface area (Å²) in [5.74, 6) is -0.486. The third kappa shape index (κ3) is 2.20. The van der Waals surface area contributed by atoms with E-state index >= 15 is 0 Å². The molecule has 1 amide bonds. The van der Waals surface area contributed by atoms with Crippen LogP contribution >= 0.6 is 0 Å². The Morgan fingerprint density at radius 2 is 2.28 bits per heavy atom. The maximum absolute atomic E-state index is 12.3. The molecule has 2 unspecified atom stereocenters. The summed E-state index contributed by atoms with van der Waals surface area (Å²) < 4.78 is 6.20. The highest BCUT2D eigenvalue weighted by Gasteiger charge is 2.37. The molecule has 0 N–H and O–H groups in total. The van der Waals surface area contributed by atoms with E-state index in [1.807, 2.05) is 0 Å². The van der Waals surface area contributed by atoms with Crippen LogP contribution in [0, 0.1) is 0 Å². The minimum absolute atomic E-state index is 0.131. The Bertz CT molecular complexity index is 432. The van der Waals surface area contributed by atoms with Gasteiger partial charge >= 0.3 is 5.97 Å². The molecule has 18 heavy (non-hydrogen) atoms. The van der Waals surface area contributed by atoms with E-state index in [9.17, 15) is 9.59 Å². The summed E-state index contributed by atoms with van der Waals surface area (Å²) in [4.78, 5) is 29.3. The van der Waals surface area contributed by atoms with Crippen LogP contribution in [0.15, 0.2) is 12.7 Å². The van der Waals surface area contributed by atoms with E-state index in [1.165, 1.54) is 24.4 Å². The quantitative estimate of drug-likeness (QED) is 0.708. The predicted octanol–water partition coefficient (Wildman–Crippen LogP) is 0.00310. The fraction of sp³-hybridized carbons (Fsp3) is 0.636. The first-order valence-electron chi connectivity index (χ1n) is 5.87. The lowest BCUT2D eigenvalue weighted by Gasteiger charge is -2.25. The lowest BCUT2D eigenvalue weighted by atomic mass is 10.2. The van der Waals surface area contributed by atoms with Crippen LogP contribution in [0.25, 0.3) is 0 Å². The number of ether oxygens (including phenoxy) is 1. The average molecular weight is 252 g/mol. The number of methoxy groups -OCH3 is 1. The Labute approximate surface area is 105 Å². The van der Waals surface area contributed by atoms with Gasteiger partial charge in [0, 0.05) is 6.54 Å². The summed E-state index contributed by atoms with van der Waals surface area (Å²) in [6, 6.07) is -0.925. The zero-order chi connectivity index (χ0) is 13.1. The first-order valence-corrected chi connectivity index (χ1v) is 5.87. The van der Waals surface area contributed by atoms with Crippen molar-refractivity contribution in [2.45, 2.75) is 31.8 Å². The summed E-state index contributed by atoms with van der Waals surface area (Å²) in [5.41, 5.74) is 0. The van der Waals surface area contributed by atoms with Crippen LogP contribution in [-0.2, 0) is 14.3 Å². The van der Waals surface area contributed by atoms with Crippen LogP contribution in [0.2, 0.25) is 0 Å². The number of carbonyl (C=O) groups excluding carboxylic acids is 2. The number of rotatable bonds is 3. The largest absolute Gasteiger partial charge is 0.467 e. The van der Waals surface area contributed by atoms with Crippen molar-refractivity contribution >= 4 is 11.9 Å². The smallest absolute Gasteiger partial charge is 0.328 e. The fourth-order valence-electron chi connectivity index (χ4n) is 2.18. The molecule has 1 aromatic rings. The summed E-state index contributed by atoms with van der Waals surface area (Å²) in [6.45, 7) is 2.32. The van der Waals surface area contributed by atoms with Crippen molar-refractivity contribution in [3.05, 3.63) is 12.7 Å². The van der Waals surface area contributed by atoms with Crippen LogP contribution in [0.1, 0.15) is 25.8 Å². The van der Waals surface area contributed by atoms with Gasteiger partial charge in [-0.15, -0.1) is 0 Å². The van der Waals surface area contributed by atoms with Crippen LogP contribution in [0.4, 0.5) is 0 Å². The van der Waals surface area contributed by atoms with Gasteiger partial charge in [0.2, 0.25) is 5.91 Å². The molecule has 0 spiro atoms. The topological polar surface area (TPSA) is 77.3 Å². The maximum atomic E-state index is 12.3. The molecule has 2 rings (SSSR count). The number of hydrogen-bond acceptors (Lipinski definition) is 5. The monoisotopic (exact) mass is 252 g/mol. The first kappa shape index (κ1) is 12.5. The summed E-state index contributed by atoms with van der Waals surface area (Å²) in [6.07, 6.45) is 4.34. The number of likely N-dealkylation sites (tertiary alicyclic amines) is 1. The molecule has 1 aromatic heterocycles. The average Bonchev–Trinajstić information content (AvgIpc) is 3.06. The summed E-state index contributed by atoms with van der Waals surface area (Å²) in [5, 5.41) is 3.94. The van der Waals surface area contributed by atoms with E-state index in [0.717, 1.165) is 6.42 Å². The second kappa shape index (κ2) is 5.16. The van der Waals surface area contributed by atoms with Gasteiger partial charge in [-0.2, -0.15) is 5.10 Å².